The number of hydrogen-bond acceptors (Lipinski definition) is 4. The number of nitrogens with two attached hydrogens (primary N) is 1. The molecule has 0 unspecified atom stereocenters. The third-order valence-corrected chi connectivity index (χ3v) is 4.45. The predicted molar refractivity (Wildman–Crippen MR) is 113 cm³/mol. The summed E-state index contributed by atoms with van der Waals surface area (Å²) in [6.07, 6.45) is -3.42. The highest BCUT2D eigenvalue weighted by Crippen LogP contribution is 2.32. The Morgan fingerprint density at radius 2 is 1.87 bits per heavy atom. The number of guanidine groups is 1. The van der Waals surface area contributed by atoms with Crippen LogP contribution in [0.5, 0.6) is 17.2 Å². The Morgan fingerprint density at radius 3 is 2.58 bits per heavy atom. The van der Waals surface area contributed by atoms with Crippen molar-refractivity contribution >= 4 is 22.5 Å². The maximum absolute atomic E-state index is 12.5. The van der Waals surface area contributed by atoms with Gasteiger partial charge in [-0.3, -0.25) is 4.99 Å². The summed E-state index contributed by atoms with van der Waals surface area (Å²) in [5, 5.41) is 3.59. The molecule has 10 heteroatoms. The van der Waals surface area contributed by atoms with Crippen LogP contribution >= 0.6 is 0 Å². The van der Waals surface area contributed by atoms with E-state index in [1.807, 2.05) is 18.2 Å². The lowest BCUT2D eigenvalue weighted by Crippen LogP contribution is -2.24. The monoisotopic (exact) mass is 436 g/mol. The molecule has 0 radical (unpaired) electrons. The Labute approximate surface area is 177 Å². The van der Waals surface area contributed by atoms with Crippen LogP contribution in [0.15, 0.2) is 47.5 Å². The summed E-state index contributed by atoms with van der Waals surface area (Å²) in [6.45, 7) is 0.386. The van der Waals surface area contributed by atoms with E-state index in [2.05, 4.69) is 20.0 Å². The molecule has 0 saturated heterocycles. The lowest BCUT2D eigenvalue weighted by Gasteiger charge is -2.14. The van der Waals surface area contributed by atoms with Crippen molar-refractivity contribution in [3.63, 3.8) is 0 Å². The Balaban J connectivity index is 1.59. The molecule has 0 fully saturated rings. The van der Waals surface area contributed by atoms with Gasteiger partial charge in [0.25, 0.3) is 0 Å². The zero-order chi connectivity index (χ0) is 22.4. The normalized spacial score (nSPS) is 12.1. The fourth-order valence-corrected chi connectivity index (χ4v) is 3.09. The van der Waals surface area contributed by atoms with Gasteiger partial charge in [-0.05, 0) is 31.0 Å². The number of hydrogen-bond donors (Lipinski definition) is 3. The number of nitrogens with one attached hydrogen (secondary N) is 2. The van der Waals surface area contributed by atoms with E-state index in [4.69, 9.17) is 15.2 Å². The lowest BCUT2D eigenvalue weighted by molar-refractivity contribution is -0.274. The first-order valence-corrected chi connectivity index (χ1v) is 9.44. The first-order valence-electron chi connectivity index (χ1n) is 9.44. The summed E-state index contributed by atoms with van der Waals surface area (Å²) in [6, 6.07) is 11.3. The van der Waals surface area contributed by atoms with Crippen LogP contribution in [0.25, 0.3) is 10.9 Å². The van der Waals surface area contributed by atoms with Crippen molar-refractivity contribution in [1.29, 1.82) is 0 Å². The molecule has 0 atom stereocenters. The van der Waals surface area contributed by atoms with Crippen LogP contribution in [-0.2, 0) is 6.42 Å². The van der Waals surface area contributed by atoms with Gasteiger partial charge < -0.3 is 30.2 Å². The highest BCUT2D eigenvalue weighted by atomic mass is 19.4. The molecule has 0 amide bonds. The van der Waals surface area contributed by atoms with Crippen LogP contribution in [0.4, 0.5) is 18.9 Å². The number of anilines is 1. The van der Waals surface area contributed by atoms with Gasteiger partial charge in [0.15, 0.2) is 11.7 Å². The van der Waals surface area contributed by atoms with E-state index in [1.165, 1.54) is 18.2 Å². The molecule has 3 aromatic rings. The zero-order valence-electron chi connectivity index (χ0n) is 17.0. The van der Waals surface area contributed by atoms with Gasteiger partial charge in [-0.2, -0.15) is 0 Å². The molecule has 7 nitrogen and oxygen atoms in total. The SMILES string of the molecule is COc1cc(OC)c2cc(CCCN=C(N)Nc3ccccc3OC(F)(F)F)[nH]c2c1. The lowest BCUT2D eigenvalue weighted by atomic mass is 10.2. The zero-order valence-corrected chi connectivity index (χ0v) is 17.0. The molecule has 4 N–H and O–H groups in total. The largest absolute Gasteiger partial charge is 0.573 e. The van der Waals surface area contributed by atoms with E-state index in [9.17, 15) is 13.2 Å². The third kappa shape index (κ3) is 5.97. The van der Waals surface area contributed by atoms with Gasteiger partial charge in [-0.25, -0.2) is 0 Å². The van der Waals surface area contributed by atoms with E-state index in [0.29, 0.717) is 30.9 Å². The second-order valence-electron chi connectivity index (χ2n) is 6.62. The number of halogens is 3. The summed E-state index contributed by atoms with van der Waals surface area (Å²) >= 11 is 0. The molecule has 166 valence electrons. The molecule has 31 heavy (non-hydrogen) atoms. The van der Waals surface area contributed by atoms with Gasteiger partial charge in [0, 0.05) is 29.8 Å². The number of H-pyrrole nitrogens is 1. The van der Waals surface area contributed by atoms with Crippen LogP contribution in [0.3, 0.4) is 0 Å². The van der Waals surface area contributed by atoms with Crippen molar-refractivity contribution in [3.8, 4) is 17.2 Å². The minimum absolute atomic E-state index is 0.00118. The number of benzene rings is 2. The smallest absolute Gasteiger partial charge is 0.497 e. The highest BCUT2D eigenvalue weighted by molar-refractivity contribution is 5.93. The first kappa shape index (κ1) is 22.1. The van der Waals surface area contributed by atoms with Crippen molar-refractivity contribution in [1.82, 2.24) is 4.98 Å². The van der Waals surface area contributed by atoms with E-state index in [1.54, 1.807) is 20.3 Å². The van der Waals surface area contributed by atoms with Crippen LogP contribution in [0, 0.1) is 0 Å². The summed E-state index contributed by atoms with van der Waals surface area (Å²) < 4.78 is 52.2. The first-order chi connectivity index (χ1) is 14.8. The number of rotatable bonds is 8. The number of nitrogens with zero attached hydrogens (tertiary/aromatic N) is 1. The Hall–Kier alpha value is -3.56. The fraction of sp³-hybridized carbons (Fsp3) is 0.286. The Bertz CT molecular complexity index is 1060. The molecule has 0 aliphatic heterocycles. The molecule has 0 aliphatic rings. The second-order valence-corrected chi connectivity index (χ2v) is 6.62. The van der Waals surface area contributed by atoms with E-state index < -0.39 is 6.36 Å². The van der Waals surface area contributed by atoms with Crippen molar-refractivity contribution in [3.05, 3.63) is 48.2 Å². The summed E-state index contributed by atoms with van der Waals surface area (Å²) in [7, 11) is 3.19. The maximum Gasteiger partial charge on any atom is 0.573 e. The van der Waals surface area contributed by atoms with Crippen molar-refractivity contribution < 1.29 is 27.4 Å². The van der Waals surface area contributed by atoms with E-state index in [-0.39, 0.29) is 17.4 Å². The molecule has 1 aromatic heterocycles. The molecule has 2 aromatic carbocycles. The van der Waals surface area contributed by atoms with Crippen LogP contribution < -0.4 is 25.3 Å². The summed E-state index contributed by atoms with van der Waals surface area (Å²) in [5.41, 5.74) is 7.79. The average molecular weight is 436 g/mol. The number of fused-ring (bicyclic) bond motifs is 1. The van der Waals surface area contributed by atoms with Crippen LogP contribution in [0.1, 0.15) is 12.1 Å². The number of aliphatic imine (C=N–C) groups is 1. The quantitative estimate of drug-likeness (QED) is 0.276. The van der Waals surface area contributed by atoms with Crippen molar-refractivity contribution in [2.75, 3.05) is 26.1 Å². The average Bonchev–Trinajstić information content (AvgIpc) is 3.13. The number of aromatic amines is 1. The van der Waals surface area contributed by atoms with Gasteiger partial charge in [0.05, 0.1) is 25.4 Å². The minimum Gasteiger partial charge on any atom is -0.497 e. The molecule has 3 rings (SSSR count). The van der Waals surface area contributed by atoms with Crippen molar-refractivity contribution in [2.24, 2.45) is 10.7 Å². The second kappa shape index (κ2) is 9.50. The molecule has 0 aliphatic carbocycles. The molecule has 0 saturated carbocycles. The van der Waals surface area contributed by atoms with Gasteiger partial charge in [0.2, 0.25) is 0 Å². The van der Waals surface area contributed by atoms with E-state index >= 15 is 0 Å². The standard InChI is InChI=1S/C21H23F3N4O3/c1-29-14-11-17-15(19(12-14)30-2)10-13(27-17)6-5-9-26-20(25)28-16-7-3-4-8-18(16)31-21(22,23)24/h3-4,7-8,10-12,27H,5-6,9H2,1-2H3,(H3,25,26,28). The molecular formula is C21H23F3N4O3. The minimum atomic E-state index is -4.80. The Kier molecular flexibility index (Phi) is 6.78. The molecule has 0 spiro atoms. The maximum atomic E-state index is 12.5. The fourth-order valence-electron chi connectivity index (χ4n) is 3.09. The van der Waals surface area contributed by atoms with E-state index in [0.717, 1.165) is 16.6 Å². The molecule has 1 heterocycles. The van der Waals surface area contributed by atoms with Gasteiger partial charge >= 0.3 is 6.36 Å². The predicted octanol–water partition coefficient (Wildman–Crippen LogP) is 4.44. The Morgan fingerprint density at radius 1 is 1.10 bits per heavy atom. The van der Waals surface area contributed by atoms with Crippen LogP contribution in [-0.4, -0.2) is 38.1 Å². The summed E-state index contributed by atoms with van der Waals surface area (Å²) in [4.78, 5) is 7.50. The number of alkyl halides is 3. The molecule has 0 bridgehead atoms. The topological polar surface area (TPSA) is 93.9 Å². The third-order valence-electron chi connectivity index (χ3n) is 4.45. The van der Waals surface area contributed by atoms with Crippen LogP contribution in [0.2, 0.25) is 0 Å². The number of ether oxygens (including phenoxy) is 3. The number of methoxy groups -OCH3 is 2. The highest BCUT2D eigenvalue weighted by Gasteiger charge is 2.32. The van der Waals surface area contributed by atoms with Gasteiger partial charge in [-0.1, -0.05) is 12.1 Å². The van der Waals surface area contributed by atoms with Gasteiger partial charge in [0.1, 0.15) is 11.5 Å². The van der Waals surface area contributed by atoms with Crippen molar-refractivity contribution in [2.45, 2.75) is 19.2 Å². The number of aryl methyl sites for hydroxylation is 1. The number of para-hydroxylation sites is 2. The summed E-state index contributed by atoms with van der Waals surface area (Å²) in [5.74, 6) is 1.02. The number of aromatic nitrogens is 1. The molecular weight excluding hydrogens is 413 g/mol. The van der Waals surface area contributed by atoms with Gasteiger partial charge in [-0.15, -0.1) is 13.2 Å².